The molecule has 0 saturated carbocycles. The molecule has 0 fully saturated rings. The van der Waals surface area contributed by atoms with Crippen LogP contribution in [-0.4, -0.2) is 24.5 Å². The number of hydrogen-bond donors (Lipinski definition) is 0. The van der Waals surface area contributed by atoms with Gasteiger partial charge in [0.05, 0.1) is 11.4 Å². The molecule has 0 aliphatic carbocycles. The molecule has 0 unspecified atom stereocenters. The predicted octanol–water partition coefficient (Wildman–Crippen LogP) is 4.25. The number of benzene rings is 2. The molecule has 0 atom stereocenters. The average Bonchev–Trinajstić information content (AvgIpc) is 2.52. The molecule has 0 saturated heterocycles. The van der Waals surface area contributed by atoms with Crippen LogP contribution >= 0.6 is 11.6 Å². The number of carbonyl (C=O) groups excluding carboxylic acids is 1. The smallest absolute Gasteiger partial charge is 0.323 e. The number of likely N-dealkylation sites (N-methyl/N-ethyl adjacent to an activating group) is 1. The first-order chi connectivity index (χ1) is 10.2. The summed E-state index contributed by atoms with van der Waals surface area (Å²) in [5.74, 6) is 0. The van der Waals surface area contributed by atoms with Crippen LogP contribution in [0.1, 0.15) is 5.56 Å². The van der Waals surface area contributed by atoms with Crippen LogP contribution in [0.5, 0.6) is 0 Å². The third kappa shape index (κ3) is 2.65. The Hall–Kier alpha value is -2.26. The predicted molar refractivity (Wildman–Crippen MR) is 86.4 cm³/mol. The Labute approximate surface area is 129 Å². The Kier molecular flexibility index (Phi) is 3.67. The van der Waals surface area contributed by atoms with Crippen LogP contribution in [0, 0.1) is 0 Å². The van der Waals surface area contributed by atoms with Crippen LogP contribution in [0.3, 0.4) is 0 Å². The Morgan fingerprint density at radius 1 is 1.00 bits per heavy atom. The van der Waals surface area contributed by atoms with Crippen molar-refractivity contribution >= 4 is 29.0 Å². The third-order valence-electron chi connectivity index (χ3n) is 3.47. The van der Waals surface area contributed by atoms with Crippen LogP contribution in [0.25, 0.3) is 5.70 Å². The second-order valence-corrected chi connectivity index (χ2v) is 5.37. The van der Waals surface area contributed by atoms with Gasteiger partial charge in [-0.15, -0.1) is 0 Å². The fraction of sp³-hybridized carbons (Fsp3) is 0.118. The van der Waals surface area contributed by atoms with Crippen LogP contribution < -0.4 is 4.90 Å². The molecule has 3 nitrogen and oxygen atoms in total. The maximum Gasteiger partial charge on any atom is 0.329 e. The van der Waals surface area contributed by atoms with Gasteiger partial charge in [0.2, 0.25) is 0 Å². The molecule has 0 N–H and O–H groups in total. The van der Waals surface area contributed by atoms with Gasteiger partial charge < -0.3 is 4.90 Å². The highest BCUT2D eigenvalue weighted by Crippen LogP contribution is 2.30. The van der Waals surface area contributed by atoms with Gasteiger partial charge in [-0.3, -0.25) is 4.90 Å². The minimum atomic E-state index is -0.0337. The Morgan fingerprint density at radius 2 is 1.67 bits per heavy atom. The van der Waals surface area contributed by atoms with Gasteiger partial charge in [-0.1, -0.05) is 41.9 Å². The summed E-state index contributed by atoms with van der Waals surface area (Å²) >= 11 is 5.95. The van der Waals surface area contributed by atoms with Crippen molar-refractivity contribution < 1.29 is 4.79 Å². The molecule has 1 aliphatic rings. The summed E-state index contributed by atoms with van der Waals surface area (Å²) in [6.07, 6.45) is 2.05. The number of carbonyl (C=O) groups is 1. The molecule has 0 spiro atoms. The lowest BCUT2D eigenvalue weighted by atomic mass is 10.1. The quantitative estimate of drug-likeness (QED) is 0.813. The molecule has 1 heterocycles. The molecule has 1 aliphatic heterocycles. The van der Waals surface area contributed by atoms with E-state index in [1.807, 2.05) is 54.6 Å². The van der Waals surface area contributed by atoms with Crippen molar-refractivity contribution in [3.8, 4) is 0 Å². The molecule has 2 aromatic rings. The lowest BCUT2D eigenvalue weighted by Crippen LogP contribution is -2.44. The summed E-state index contributed by atoms with van der Waals surface area (Å²) in [5, 5.41) is 0.685. The van der Waals surface area contributed by atoms with E-state index in [9.17, 15) is 4.79 Å². The maximum atomic E-state index is 12.6. The zero-order chi connectivity index (χ0) is 14.8. The highest BCUT2D eigenvalue weighted by molar-refractivity contribution is 6.30. The highest BCUT2D eigenvalue weighted by atomic mass is 35.5. The van der Waals surface area contributed by atoms with Crippen molar-refractivity contribution in [3.05, 3.63) is 71.3 Å². The van der Waals surface area contributed by atoms with E-state index >= 15 is 0 Å². The van der Waals surface area contributed by atoms with E-state index in [0.29, 0.717) is 11.6 Å². The Morgan fingerprint density at radius 3 is 2.33 bits per heavy atom. The van der Waals surface area contributed by atoms with E-state index in [1.54, 1.807) is 16.8 Å². The van der Waals surface area contributed by atoms with Gasteiger partial charge in [0.1, 0.15) is 0 Å². The minimum absolute atomic E-state index is 0.0337. The van der Waals surface area contributed by atoms with Crippen LogP contribution in [0.2, 0.25) is 5.02 Å². The lowest BCUT2D eigenvalue weighted by molar-refractivity contribution is 0.221. The van der Waals surface area contributed by atoms with Crippen molar-refractivity contribution in [2.75, 3.05) is 18.5 Å². The van der Waals surface area contributed by atoms with Crippen LogP contribution in [0.15, 0.2) is 60.7 Å². The van der Waals surface area contributed by atoms with E-state index in [0.717, 1.165) is 16.9 Å². The first-order valence-corrected chi connectivity index (χ1v) is 7.11. The normalized spacial score (nSPS) is 15.1. The first kappa shape index (κ1) is 13.7. The molecule has 106 valence electrons. The monoisotopic (exact) mass is 298 g/mol. The maximum absolute atomic E-state index is 12.6. The van der Waals surface area contributed by atoms with Gasteiger partial charge in [0, 0.05) is 18.6 Å². The molecular weight excluding hydrogens is 284 g/mol. The summed E-state index contributed by atoms with van der Waals surface area (Å²) in [7, 11) is 1.80. The average molecular weight is 299 g/mol. The topological polar surface area (TPSA) is 23.6 Å². The molecule has 2 amide bonds. The zero-order valence-electron chi connectivity index (χ0n) is 11.7. The second kappa shape index (κ2) is 5.62. The van der Waals surface area contributed by atoms with Gasteiger partial charge in [0.25, 0.3) is 0 Å². The third-order valence-corrected chi connectivity index (χ3v) is 3.72. The summed E-state index contributed by atoms with van der Waals surface area (Å²) in [4.78, 5) is 16.0. The number of halogens is 1. The number of urea groups is 1. The van der Waals surface area contributed by atoms with Crippen LogP contribution in [-0.2, 0) is 0 Å². The SMILES string of the molecule is CN1CC=C(c2ccc(Cl)cc2)N(c2ccccc2)C1=O. The van der Waals surface area contributed by atoms with Crippen molar-refractivity contribution in [2.45, 2.75) is 0 Å². The molecule has 21 heavy (non-hydrogen) atoms. The van der Waals surface area contributed by atoms with Crippen molar-refractivity contribution in [1.29, 1.82) is 0 Å². The number of nitrogens with zero attached hydrogens (tertiary/aromatic N) is 2. The molecule has 3 rings (SSSR count). The van der Waals surface area contributed by atoms with Gasteiger partial charge in [0.15, 0.2) is 0 Å². The zero-order valence-corrected chi connectivity index (χ0v) is 12.4. The van der Waals surface area contributed by atoms with E-state index in [2.05, 4.69) is 6.08 Å². The summed E-state index contributed by atoms with van der Waals surface area (Å²) in [6, 6.07) is 17.2. The summed E-state index contributed by atoms with van der Waals surface area (Å²) in [6.45, 7) is 0.597. The van der Waals surface area contributed by atoms with Gasteiger partial charge in [-0.2, -0.15) is 0 Å². The molecule has 0 radical (unpaired) electrons. The fourth-order valence-electron chi connectivity index (χ4n) is 2.36. The summed E-state index contributed by atoms with van der Waals surface area (Å²) < 4.78 is 0. The Bertz CT molecular complexity index is 680. The number of anilines is 1. The molecule has 0 aromatic heterocycles. The first-order valence-electron chi connectivity index (χ1n) is 6.73. The molecule has 4 heteroatoms. The second-order valence-electron chi connectivity index (χ2n) is 4.93. The number of rotatable bonds is 2. The molecule has 0 bridgehead atoms. The van der Waals surface area contributed by atoms with Crippen molar-refractivity contribution in [3.63, 3.8) is 0 Å². The van der Waals surface area contributed by atoms with Gasteiger partial charge >= 0.3 is 6.03 Å². The minimum Gasteiger partial charge on any atom is -0.323 e. The van der Waals surface area contributed by atoms with Gasteiger partial charge in [-0.05, 0) is 35.9 Å². The number of amides is 2. The highest BCUT2D eigenvalue weighted by Gasteiger charge is 2.27. The summed E-state index contributed by atoms with van der Waals surface area (Å²) in [5.41, 5.74) is 2.72. The van der Waals surface area contributed by atoms with E-state index < -0.39 is 0 Å². The molecular formula is C17H15ClN2O. The van der Waals surface area contributed by atoms with Crippen LogP contribution in [0.4, 0.5) is 10.5 Å². The van der Waals surface area contributed by atoms with Gasteiger partial charge in [-0.25, -0.2) is 4.79 Å². The van der Waals surface area contributed by atoms with Crippen molar-refractivity contribution in [1.82, 2.24) is 4.90 Å². The number of hydrogen-bond acceptors (Lipinski definition) is 1. The fourth-order valence-corrected chi connectivity index (χ4v) is 2.49. The largest absolute Gasteiger partial charge is 0.329 e. The number of para-hydroxylation sites is 1. The Balaban J connectivity index is 2.08. The van der Waals surface area contributed by atoms with E-state index in [4.69, 9.17) is 11.6 Å². The van der Waals surface area contributed by atoms with Crippen molar-refractivity contribution in [2.24, 2.45) is 0 Å². The van der Waals surface area contributed by atoms with E-state index in [-0.39, 0.29) is 6.03 Å². The molecule has 2 aromatic carbocycles. The van der Waals surface area contributed by atoms with E-state index in [1.165, 1.54) is 0 Å². The lowest BCUT2D eigenvalue weighted by Gasteiger charge is -2.34. The standard InChI is InChI=1S/C17H15ClN2O/c1-19-12-11-16(13-7-9-14(18)10-8-13)20(17(19)21)15-5-3-2-4-6-15/h2-11H,12H2,1H3.